The minimum atomic E-state index is 0.396. The Kier molecular flexibility index (Phi) is 3.49. The van der Waals surface area contributed by atoms with Crippen molar-refractivity contribution in [1.29, 1.82) is 0 Å². The van der Waals surface area contributed by atoms with Crippen LogP contribution in [-0.4, -0.2) is 38.0 Å². The number of aryl methyl sites for hydroxylation is 1. The van der Waals surface area contributed by atoms with Gasteiger partial charge in [0.1, 0.15) is 17.3 Å². The average molecular weight is 306 g/mol. The quantitative estimate of drug-likeness (QED) is 0.805. The number of nitrogens with zero attached hydrogens (tertiary/aromatic N) is 5. The van der Waals surface area contributed by atoms with Crippen LogP contribution in [-0.2, 0) is 0 Å². The van der Waals surface area contributed by atoms with E-state index < -0.39 is 0 Å². The molecule has 0 bridgehead atoms. The second-order valence-electron chi connectivity index (χ2n) is 5.78. The van der Waals surface area contributed by atoms with Crippen molar-refractivity contribution in [2.45, 2.75) is 19.3 Å². The summed E-state index contributed by atoms with van der Waals surface area (Å²) in [5, 5.41) is 0. The molecule has 1 aliphatic rings. The van der Waals surface area contributed by atoms with Crippen molar-refractivity contribution in [3.8, 4) is 11.5 Å². The molecule has 1 atom stereocenters. The summed E-state index contributed by atoms with van der Waals surface area (Å²) in [5.74, 6) is 3.00. The van der Waals surface area contributed by atoms with E-state index in [0.717, 1.165) is 48.4 Å². The van der Waals surface area contributed by atoms with Gasteiger partial charge in [0, 0.05) is 43.3 Å². The number of nitrogens with one attached hydrogen (secondary N) is 1. The lowest BCUT2D eigenvalue weighted by Gasteiger charge is -2.17. The van der Waals surface area contributed by atoms with E-state index in [-0.39, 0.29) is 0 Å². The van der Waals surface area contributed by atoms with Gasteiger partial charge in [0.05, 0.1) is 0 Å². The summed E-state index contributed by atoms with van der Waals surface area (Å²) in [7, 11) is 0. The van der Waals surface area contributed by atoms with Gasteiger partial charge in [-0.25, -0.2) is 19.9 Å². The van der Waals surface area contributed by atoms with Crippen molar-refractivity contribution in [3.63, 3.8) is 0 Å². The number of imidazole rings is 1. The van der Waals surface area contributed by atoms with Crippen molar-refractivity contribution in [3.05, 3.63) is 54.4 Å². The molecule has 0 radical (unpaired) electrons. The van der Waals surface area contributed by atoms with Crippen LogP contribution < -0.4 is 4.90 Å². The summed E-state index contributed by atoms with van der Waals surface area (Å²) in [4.78, 5) is 23.3. The highest BCUT2D eigenvalue weighted by Crippen LogP contribution is 2.30. The fourth-order valence-corrected chi connectivity index (χ4v) is 3.08. The molecule has 0 spiro atoms. The molecule has 23 heavy (non-hydrogen) atoms. The van der Waals surface area contributed by atoms with Crippen molar-refractivity contribution < 1.29 is 0 Å². The Morgan fingerprint density at radius 2 is 2.13 bits per heavy atom. The van der Waals surface area contributed by atoms with Gasteiger partial charge in [-0.1, -0.05) is 6.07 Å². The lowest BCUT2D eigenvalue weighted by atomic mass is 10.0. The molecular weight excluding hydrogens is 288 g/mol. The molecule has 1 unspecified atom stereocenters. The standard InChI is InChI=1S/C17H18N6/c1-12-21-14(10-15(22-12)17-19-7-8-20-17)13-5-9-23(11-13)16-4-2-3-6-18-16/h2-4,6-8,10,13H,5,9,11H2,1H3,(H,19,20). The van der Waals surface area contributed by atoms with Gasteiger partial charge >= 0.3 is 0 Å². The topological polar surface area (TPSA) is 70.6 Å². The van der Waals surface area contributed by atoms with E-state index in [4.69, 9.17) is 0 Å². The van der Waals surface area contributed by atoms with Gasteiger partial charge in [0.15, 0.2) is 5.82 Å². The second-order valence-corrected chi connectivity index (χ2v) is 5.78. The molecule has 1 fully saturated rings. The number of H-pyrrole nitrogens is 1. The largest absolute Gasteiger partial charge is 0.356 e. The molecule has 4 heterocycles. The summed E-state index contributed by atoms with van der Waals surface area (Å²) in [6.07, 6.45) is 6.47. The van der Waals surface area contributed by atoms with Crippen molar-refractivity contribution >= 4 is 5.82 Å². The van der Waals surface area contributed by atoms with Gasteiger partial charge < -0.3 is 9.88 Å². The first kappa shape index (κ1) is 13.9. The first-order chi connectivity index (χ1) is 11.3. The van der Waals surface area contributed by atoms with Crippen LogP contribution in [0.2, 0.25) is 0 Å². The number of aromatic nitrogens is 5. The van der Waals surface area contributed by atoms with Crippen LogP contribution in [0.5, 0.6) is 0 Å². The monoisotopic (exact) mass is 306 g/mol. The van der Waals surface area contributed by atoms with Gasteiger partial charge in [0.25, 0.3) is 0 Å². The maximum atomic E-state index is 4.65. The third-order valence-corrected chi connectivity index (χ3v) is 4.18. The summed E-state index contributed by atoms with van der Waals surface area (Å²) in [6.45, 7) is 3.87. The van der Waals surface area contributed by atoms with Gasteiger partial charge in [-0.15, -0.1) is 0 Å². The zero-order chi connectivity index (χ0) is 15.6. The molecule has 3 aromatic rings. The van der Waals surface area contributed by atoms with Crippen LogP contribution in [0.3, 0.4) is 0 Å². The smallest absolute Gasteiger partial charge is 0.156 e. The molecule has 1 aliphatic heterocycles. The number of aromatic amines is 1. The normalized spacial score (nSPS) is 17.6. The molecule has 116 valence electrons. The third-order valence-electron chi connectivity index (χ3n) is 4.18. The Morgan fingerprint density at radius 3 is 2.91 bits per heavy atom. The molecule has 6 heteroatoms. The molecule has 0 aromatic carbocycles. The first-order valence-electron chi connectivity index (χ1n) is 7.81. The van der Waals surface area contributed by atoms with Crippen molar-refractivity contribution in [2.75, 3.05) is 18.0 Å². The van der Waals surface area contributed by atoms with E-state index in [9.17, 15) is 0 Å². The summed E-state index contributed by atoms with van der Waals surface area (Å²) >= 11 is 0. The number of rotatable bonds is 3. The van der Waals surface area contributed by atoms with Gasteiger partial charge in [-0.3, -0.25) is 0 Å². The van der Waals surface area contributed by atoms with Crippen LogP contribution >= 0.6 is 0 Å². The van der Waals surface area contributed by atoms with E-state index >= 15 is 0 Å². The molecular formula is C17H18N6. The van der Waals surface area contributed by atoms with E-state index in [1.54, 1.807) is 6.20 Å². The van der Waals surface area contributed by atoms with Gasteiger partial charge in [-0.2, -0.15) is 0 Å². The number of hydrogen-bond acceptors (Lipinski definition) is 5. The molecule has 1 saturated heterocycles. The Bertz CT molecular complexity index is 784. The van der Waals surface area contributed by atoms with E-state index in [0.29, 0.717) is 5.92 Å². The average Bonchev–Trinajstić information content (AvgIpc) is 3.27. The number of hydrogen-bond donors (Lipinski definition) is 1. The predicted molar refractivity (Wildman–Crippen MR) is 88.2 cm³/mol. The zero-order valence-corrected chi connectivity index (χ0v) is 13.0. The molecule has 0 saturated carbocycles. The highest BCUT2D eigenvalue weighted by atomic mass is 15.2. The van der Waals surface area contributed by atoms with Crippen LogP contribution in [0.25, 0.3) is 11.5 Å². The Labute approximate surface area is 134 Å². The lowest BCUT2D eigenvalue weighted by molar-refractivity contribution is 0.732. The summed E-state index contributed by atoms with van der Waals surface area (Å²) < 4.78 is 0. The number of pyridine rings is 1. The predicted octanol–water partition coefficient (Wildman–Crippen LogP) is 2.56. The van der Waals surface area contributed by atoms with E-state index in [1.165, 1.54) is 0 Å². The Hall–Kier alpha value is -2.76. The maximum absolute atomic E-state index is 4.65. The molecule has 3 aromatic heterocycles. The highest BCUT2D eigenvalue weighted by molar-refractivity contribution is 5.50. The summed E-state index contributed by atoms with van der Waals surface area (Å²) in [5.41, 5.74) is 1.94. The van der Waals surface area contributed by atoms with Crippen LogP contribution in [0.1, 0.15) is 23.9 Å². The molecule has 0 amide bonds. The molecule has 6 nitrogen and oxygen atoms in total. The Balaban J connectivity index is 1.59. The maximum Gasteiger partial charge on any atom is 0.156 e. The minimum Gasteiger partial charge on any atom is -0.356 e. The fourth-order valence-electron chi connectivity index (χ4n) is 3.08. The highest BCUT2D eigenvalue weighted by Gasteiger charge is 2.26. The van der Waals surface area contributed by atoms with Crippen molar-refractivity contribution in [2.24, 2.45) is 0 Å². The SMILES string of the molecule is Cc1nc(-c2ncc[nH]2)cc(C2CCN(c3ccccn3)C2)n1. The van der Waals surface area contributed by atoms with E-state index in [1.807, 2.05) is 31.5 Å². The van der Waals surface area contributed by atoms with Crippen molar-refractivity contribution in [1.82, 2.24) is 24.9 Å². The van der Waals surface area contributed by atoms with Gasteiger partial charge in [-0.05, 0) is 31.5 Å². The molecule has 1 N–H and O–H groups in total. The number of anilines is 1. The van der Waals surface area contributed by atoms with Crippen LogP contribution in [0, 0.1) is 6.92 Å². The van der Waals surface area contributed by atoms with Crippen LogP contribution in [0.15, 0.2) is 42.9 Å². The third kappa shape index (κ3) is 2.79. The zero-order valence-electron chi connectivity index (χ0n) is 13.0. The minimum absolute atomic E-state index is 0.396. The summed E-state index contributed by atoms with van der Waals surface area (Å²) in [6, 6.07) is 8.08. The lowest BCUT2D eigenvalue weighted by Crippen LogP contribution is -2.20. The first-order valence-corrected chi connectivity index (χ1v) is 7.81. The van der Waals surface area contributed by atoms with Gasteiger partial charge in [0.2, 0.25) is 0 Å². The Morgan fingerprint density at radius 1 is 1.17 bits per heavy atom. The van der Waals surface area contributed by atoms with Crippen LogP contribution in [0.4, 0.5) is 5.82 Å². The fraction of sp³-hybridized carbons (Fsp3) is 0.294. The molecule has 4 rings (SSSR count). The second kappa shape index (κ2) is 5.79. The molecule has 0 aliphatic carbocycles. The van der Waals surface area contributed by atoms with E-state index in [2.05, 4.69) is 42.0 Å².